The molecule has 4 aromatic rings. The van der Waals surface area contributed by atoms with Gasteiger partial charge in [-0.15, -0.1) is 0 Å². The Morgan fingerprint density at radius 2 is 1.96 bits per heavy atom. The molecular weight excluding hydrogens is 362 g/mol. The summed E-state index contributed by atoms with van der Waals surface area (Å²) in [7, 11) is 0. The molecule has 0 unspecified atom stereocenters. The predicted molar refractivity (Wildman–Crippen MR) is 110 cm³/mol. The molecule has 4 rings (SSSR count). The van der Waals surface area contributed by atoms with Crippen molar-refractivity contribution < 1.29 is 0 Å². The van der Waals surface area contributed by atoms with E-state index in [-0.39, 0.29) is 0 Å². The Bertz CT molecular complexity index is 1090. The van der Waals surface area contributed by atoms with E-state index in [0.29, 0.717) is 0 Å². The lowest BCUT2D eigenvalue weighted by molar-refractivity contribution is 0.659. The van der Waals surface area contributed by atoms with Crippen LogP contribution in [0.15, 0.2) is 64.6 Å². The first-order valence-corrected chi connectivity index (χ1v) is 9.84. The number of hydrogen-bond donors (Lipinski definition) is 0. The molecule has 0 N–H and O–H groups in total. The van der Waals surface area contributed by atoms with E-state index in [1.54, 1.807) is 11.8 Å². The van der Waals surface area contributed by atoms with Crippen LogP contribution in [0.4, 0.5) is 0 Å². The molecule has 0 aliphatic rings. The highest BCUT2D eigenvalue weighted by molar-refractivity contribution is 7.99. The predicted octanol–water partition coefficient (Wildman–Crippen LogP) is 6.27. The van der Waals surface area contributed by atoms with Gasteiger partial charge in [0.2, 0.25) is 0 Å². The van der Waals surface area contributed by atoms with Crippen LogP contribution in [0.5, 0.6) is 0 Å². The van der Waals surface area contributed by atoms with Crippen molar-refractivity contribution in [3.8, 4) is 5.69 Å². The average molecular weight is 382 g/mol. The number of benzene rings is 2. The van der Waals surface area contributed by atoms with Gasteiger partial charge in [-0.25, -0.2) is 0 Å². The normalized spacial score (nSPS) is 11.4. The van der Waals surface area contributed by atoms with E-state index in [0.717, 1.165) is 22.8 Å². The summed E-state index contributed by atoms with van der Waals surface area (Å²) in [5.41, 5.74) is 4.64. The molecule has 0 radical (unpaired) electrons. The van der Waals surface area contributed by atoms with Gasteiger partial charge >= 0.3 is 0 Å². The van der Waals surface area contributed by atoms with Gasteiger partial charge in [-0.2, -0.15) is 5.10 Å². The number of aromatic nitrogens is 3. The first kappa shape index (κ1) is 17.3. The van der Waals surface area contributed by atoms with Crippen LogP contribution in [0, 0.1) is 13.8 Å². The molecule has 0 amide bonds. The Balaban J connectivity index is 1.92. The fourth-order valence-electron chi connectivity index (χ4n) is 3.26. The quantitative estimate of drug-likeness (QED) is 0.415. The first-order valence-electron chi connectivity index (χ1n) is 8.64. The molecule has 0 aliphatic carbocycles. The van der Waals surface area contributed by atoms with Gasteiger partial charge in [0.25, 0.3) is 0 Å². The average Bonchev–Trinajstić information content (AvgIpc) is 3.18. The number of aryl methyl sites for hydroxylation is 2. The van der Waals surface area contributed by atoms with Crippen molar-refractivity contribution >= 4 is 34.3 Å². The molecule has 3 nitrogen and oxygen atoms in total. The van der Waals surface area contributed by atoms with Crippen LogP contribution in [-0.4, -0.2) is 14.3 Å². The van der Waals surface area contributed by atoms with Gasteiger partial charge in [0.1, 0.15) is 0 Å². The van der Waals surface area contributed by atoms with Crippen molar-refractivity contribution in [2.24, 2.45) is 0 Å². The highest BCUT2D eigenvalue weighted by atomic mass is 35.5. The fraction of sp³-hybridized carbons (Fsp3) is 0.190. The molecule has 132 valence electrons. The summed E-state index contributed by atoms with van der Waals surface area (Å²) in [6.45, 7) is 7.23. The summed E-state index contributed by atoms with van der Waals surface area (Å²) in [5.74, 6) is 0. The number of nitrogens with zero attached hydrogens (tertiary/aromatic N) is 3. The number of fused-ring (bicyclic) bond motifs is 1. The van der Waals surface area contributed by atoms with Crippen LogP contribution in [0.25, 0.3) is 16.6 Å². The fourth-order valence-corrected chi connectivity index (χ4v) is 4.57. The second-order valence-corrected chi connectivity index (χ2v) is 7.90. The van der Waals surface area contributed by atoms with Crippen molar-refractivity contribution in [3.63, 3.8) is 0 Å². The van der Waals surface area contributed by atoms with Crippen molar-refractivity contribution in [1.29, 1.82) is 0 Å². The topological polar surface area (TPSA) is 22.8 Å². The monoisotopic (exact) mass is 381 g/mol. The summed E-state index contributed by atoms with van der Waals surface area (Å²) in [5, 5.41) is 6.39. The van der Waals surface area contributed by atoms with Gasteiger partial charge in [0, 0.05) is 38.6 Å². The molecular formula is C21H20ClN3S. The first-order chi connectivity index (χ1) is 12.6. The molecule has 0 saturated heterocycles. The molecule has 0 saturated carbocycles. The second-order valence-electron chi connectivity index (χ2n) is 6.38. The summed E-state index contributed by atoms with van der Waals surface area (Å²) in [6, 6.07) is 14.7. The van der Waals surface area contributed by atoms with E-state index in [1.165, 1.54) is 26.4 Å². The molecule has 2 aromatic carbocycles. The van der Waals surface area contributed by atoms with Gasteiger partial charge in [0.15, 0.2) is 0 Å². The molecule has 2 aromatic heterocycles. The maximum atomic E-state index is 6.31. The second kappa shape index (κ2) is 6.86. The largest absolute Gasteiger partial charge is 0.310 e. The number of rotatable bonds is 4. The molecule has 2 heterocycles. The van der Waals surface area contributed by atoms with Crippen molar-refractivity contribution in [1.82, 2.24) is 14.3 Å². The molecule has 26 heavy (non-hydrogen) atoms. The standard InChI is InChI=1S/C21H20ClN3S/c1-4-24-13-17(12-23-24)25-15(3)21(19-9-8-16(22)11-20(19)25)26-18-7-5-6-14(2)10-18/h5-13H,4H2,1-3H3. The maximum absolute atomic E-state index is 6.31. The molecule has 0 fully saturated rings. The molecule has 0 spiro atoms. The van der Waals surface area contributed by atoms with Crippen molar-refractivity contribution in [2.75, 3.05) is 0 Å². The lowest BCUT2D eigenvalue weighted by atomic mass is 10.2. The summed E-state index contributed by atoms with van der Waals surface area (Å²) < 4.78 is 4.19. The third-order valence-electron chi connectivity index (χ3n) is 4.52. The summed E-state index contributed by atoms with van der Waals surface area (Å²) in [4.78, 5) is 2.50. The lowest BCUT2D eigenvalue weighted by Gasteiger charge is -2.06. The smallest absolute Gasteiger partial charge is 0.0840 e. The van der Waals surface area contributed by atoms with Gasteiger partial charge in [-0.3, -0.25) is 4.68 Å². The lowest BCUT2D eigenvalue weighted by Crippen LogP contribution is -1.96. The Morgan fingerprint density at radius 1 is 1.12 bits per heavy atom. The van der Waals surface area contributed by atoms with E-state index in [9.17, 15) is 0 Å². The van der Waals surface area contributed by atoms with Gasteiger partial charge < -0.3 is 4.57 Å². The van der Waals surface area contributed by atoms with E-state index >= 15 is 0 Å². The molecule has 5 heteroatoms. The van der Waals surface area contributed by atoms with Crippen LogP contribution in [0.1, 0.15) is 18.2 Å². The zero-order chi connectivity index (χ0) is 18.3. The Hall–Kier alpha value is -2.17. The Kier molecular flexibility index (Phi) is 4.55. The molecule has 0 aliphatic heterocycles. The Morgan fingerprint density at radius 3 is 2.69 bits per heavy atom. The highest BCUT2D eigenvalue weighted by Gasteiger charge is 2.17. The maximum Gasteiger partial charge on any atom is 0.0840 e. The zero-order valence-corrected chi connectivity index (χ0v) is 16.6. The van der Waals surface area contributed by atoms with Crippen LogP contribution in [0.2, 0.25) is 5.02 Å². The SMILES string of the molecule is CCn1cc(-n2c(C)c(Sc3cccc(C)c3)c3ccc(Cl)cc32)cn1. The van der Waals surface area contributed by atoms with E-state index in [4.69, 9.17) is 11.6 Å². The van der Waals surface area contributed by atoms with Crippen molar-refractivity contribution in [3.05, 3.63) is 71.1 Å². The van der Waals surface area contributed by atoms with E-state index < -0.39 is 0 Å². The minimum atomic E-state index is 0.742. The summed E-state index contributed by atoms with van der Waals surface area (Å²) in [6.07, 6.45) is 3.99. The van der Waals surface area contributed by atoms with Crippen LogP contribution in [0.3, 0.4) is 0 Å². The van der Waals surface area contributed by atoms with Crippen molar-refractivity contribution in [2.45, 2.75) is 37.1 Å². The number of halogens is 1. The zero-order valence-electron chi connectivity index (χ0n) is 15.0. The van der Waals surface area contributed by atoms with Gasteiger partial charge in [-0.05, 0) is 45.0 Å². The highest BCUT2D eigenvalue weighted by Crippen LogP contribution is 2.40. The Labute approximate surface area is 162 Å². The van der Waals surface area contributed by atoms with Gasteiger partial charge in [0.05, 0.1) is 17.4 Å². The molecule has 0 atom stereocenters. The summed E-state index contributed by atoms with van der Waals surface area (Å²) >= 11 is 8.11. The van der Waals surface area contributed by atoms with Crippen LogP contribution < -0.4 is 0 Å². The molecule has 0 bridgehead atoms. The van der Waals surface area contributed by atoms with Crippen LogP contribution >= 0.6 is 23.4 Å². The van der Waals surface area contributed by atoms with Gasteiger partial charge in [-0.1, -0.05) is 47.1 Å². The number of hydrogen-bond acceptors (Lipinski definition) is 2. The van der Waals surface area contributed by atoms with E-state index in [2.05, 4.69) is 67.0 Å². The third-order valence-corrected chi connectivity index (χ3v) is 5.96. The minimum Gasteiger partial charge on any atom is -0.310 e. The van der Waals surface area contributed by atoms with Crippen LogP contribution in [-0.2, 0) is 6.54 Å². The minimum absolute atomic E-state index is 0.742. The third kappa shape index (κ3) is 3.04. The van der Waals surface area contributed by atoms with E-state index in [1.807, 2.05) is 23.0 Å².